The molecule has 0 N–H and O–H groups in total. The molecule has 0 aromatic carbocycles. The van der Waals surface area contributed by atoms with Crippen LogP contribution in [0.3, 0.4) is 0 Å². The highest BCUT2D eigenvalue weighted by Gasteiger charge is 2.39. The molecule has 72 heavy (non-hydrogen) atoms. The number of carbonyl (C=O) groups is 4. The highest BCUT2D eigenvalue weighted by Crippen LogP contribution is 2.31. The van der Waals surface area contributed by atoms with Gasteiger partial charge in [-0.25, -0.2) is 0 Å². The van der Waals surface area contributed by atoms with E-state index in [0.717, 1.165) is 122 Å². The molecule has 0 radical (unpaired) electrons. The zero-order valence-corrected chi connectivity index (χ0v) is 49.2. The summed E-state index contributed by atoms with van der Waals surface area (Å²) in [6.07, 6.45) is 40.5. The molecule has 1 aliphatic heterocycles. The van der Waals surface area contributed by atoms with Crippen molar-refractivity contribution in [1.29, 1.82) is 0 Å². The zero-order chi connectivity index (χ0) is 53.3. The molecule has 0 saturated carbocycles. The minimum absolute atomic E-state index is 0.0220. The molecule has 1 aliphatic rings. The van der Waals surface area contributed by atoms with Gasteiger partial charge in [0.05, 0.1) is 23.9 Å². The lowest BCUT2D eigenvalue weighted by atomic mass is 9.86. The van der Waals surface area contributed by atoms with Gasteiger partial charge >= 0.3 is 23.9 Å². The third-order valence-corrected chi connectivity index (χ3v) is 15.3. The van der Waals surface area contributed by atoms with Crippen molar-refractivity contribution in [3.63, 3.8) is 0 Å². The van der Waals surface area contributed by atoms with Crippen molar-refractivity contribution in [3.05, 3.63) is 0 Å². The van der Waals surface area contributed by atoms with E-state index in [1.165, 1.54) is 116 Å². The van der Waals surface area contributed by atoms with Crippen LogP contribution in [-0.4, -0.2) is 98.4 Å². The summed E-state index contributed by atoms with van der Waals surface area (Å²) in [5, 5.41) is 0. The van der Waals surface area contributed by atoms with Gasteiger partial charge in [0.25, 0.3) is 0 Å². The summed E-state index contributed by atoms with van der Waals surface area (Å²) in [7, 11) is 3.88. The maximum Gasteiger partial charge on any atom is 0.323 e. The maximum atomic E-state index is 13.6. The summed E-state index contributed by atoms with van der Waals surface area (Å²) < 4.78 is 24.3. The molecule has 1 saturated heterocycles. The average molecular weight is 1020 g/mol. The summed E-state index contributed by atoms with van der Waals surface area (Å²) in [5.74, 6) is -0.576. The van der Waals surface area contributed by atoms with Crippen LogP contribution in [0.2, 0.25) is 0 Å². The number of rotatable bonds is 49. The van der Waals surface area contributed by atoms with Crippen LogP contribution in [0.15, 0.2) is 0 Å². The molecule has 3 atom stereocenters. The van der Waals surface area contributed by atoms with E-state index < -0.39 is 16.9 Å². The summed E-state index contributed by atoms with van der Waals surface area (Å²) in [6.45, 7) is 19.4. The topological polar surface area (TPSA) is 112 Å². The molecule has 0 aliphatic carbocycles. The molecular weight excluding hydrogens is 901 g/mol. The van der Waals surface area contributed by atoms with Gasteiger partial charge in [-0.05, 0) is 125 Å². The van der Waals surface area contributed by atoms with Crippen LogP contribution in [0.1, 0.15) is 299 Å². The van der Waals surface area contributed by atoms with Crippen molar-refractivity contribution in [3.8, 4) is 0 Å². The molecule has 0 spiro atoms. The molecular formula is C62H118N2O8. The van der Waals surface area contributed by atoms with Crippen molar-refractivity contribution < 1.29 is 38.1 Å². The smallest absolute Gasteiger partial charge is 0.323 e. The number of hydrogen-bond donors (Lipinski definition) is 0. The highest BCUT2D eigenvalue weighted by molar-refractivity contribution is 5.77. The third-order valence-electron chi connectivity index (χ3n) is 15.3. The fourth-order valence-corrected chi connectivity index (χ4v) is 10.1. The Labute approximate surface area is 445 Å². The van der Waals surface area contributed by atoms with E-state index in [2.05, 4.69) is 32.6 Å². The number of esters is 4. The van der Waals surface area contributed by atoms with Crippen molar-refractivity contribution >= 4 is 23.9 Å². The molecule has 1 heterocycles. The van der Waals surface area contributed by atoms with Crippen LogP contribution >= 0.6 is 0 Å². The Balaban J connectivity index is 2.64. The molecule has 10 heteroatoms. The largest absolute Gasteiger partial charge is 0.465 e. The first-order chi connectivity index (χ1) is 34.6. The normalized spacial score (nSPS) is 15.9. The van der Waals surface area contributed by atoms with Gasteiger partial charge in [0.15, 0.2) is 0 Å². The minimum Gasteiger partial charge on any atom is -0.465 e. The molecule has 0 aromatic heterocycles. The first-order valence-corrected chi connectivity index (χ1v) is 30.8. The van der Waals surface area contributed by atoms with Gasteiger partial charge in [-0.3, -0.25) is 24.1 Å². The molecule has 1 rings (SSSR count). The second-order valence-electron chi connectivity index (χ2n) is 23.7. The summed E-state index contributed by atoms with van der Waals surface area (Å²) in [4.78, 5) is 57.5. The predicted octanol–water partition coefficient (Wildman–Crippen LogP) is 16.5. The lowest BCUT2D eigenvalue weighted by Gasteiger charge is -2.27. The summed E-state index contributed by atoms with van der Waals surface area (Å²) in [6, 6.07) is -0.436. The molecule has 0 aromatic rings. The number of unbranched alkanes of at least 4 members (excludes halogenated alkanes) is 24. The van der Waals surface area contributed by atoms with Crippen LogP contribution in [0.25, 0.3) is 0 Å². The number of nitrogens with zero attached hydrogens (tertiary/aromatic N) is 2. The van der Waals surface area contributed by atoms with E-state index in [9.17, 15) is 19.2 Å². The lowest BCUT2D eigenvalue weighted by molar-refractivity contribution is -0.161. The van der Waals surface area contributed by atoms with Gasteiger partial charge in [0.1, 0.15) is 24.4 Å². The first kappa shape index (κ1) is 67.8. The average Bonchev–Trinajstić information content (AvgIpc) is 3.75. The predicted molar refractivity (Wildman–Crippen MR) is 300 cm³/mol. The van der Waals surface area contributed by atoms with Crippen molar-refractivity contribution in [1.82, 2.24) is 9.80 Å². The fourth-order valence-electron chi connectivity index (χ4n) is 10.1. The van der Waals surface area contributed by atoms with Gasteiger partial charge < -0.3 is 23.8 Å². The Bertz CT molecular complexity index is 1340. The number of likely N-dealkylation sites (tertiary alicyclic amines) is 1. The van der Waals surface area contributed by atoms with Crippen LogP contribution < -0.4 is 0 Å². The quantitative estimate of drug-likeness (QED) is 0.0332. The molecule has 0 amide bonds. The second kappa shape index (κ2) is 43.0. The highest BCUT2D eigenvalue weighted by atomic mass is 16.6. The van der Waals surface area contributed by atoms with E-state index in [4.69, 9.17) is 18.9 Å². The van der Waals surface area contributed by atoms with Gasteiger partial charge in [-0.15, -0.1) is 0 Å². The van der Waals surface area contributed by atoms with Gasteiger partial charge in [-0.1, -0.05) is 182 Å². The van der Waals surface area contributed by atoms with E-state index in [-0.39, 0.29) is 42.2 Å². The minimum atomic E-state index is -0.528. The second-order valence-corrected chi connectivity index (χ2v) is 23.7. The first-order valence-electron chi connectivity index (χ1n) is 30.8. The lowest BCUT2D eigenvalue weighted by Crippen LogP contribution is -2.38. The zero-order valence-electron chi connectivity index (χ0n) is 49.2. The van der Waals surface area contributed by atoms with Crippen LogP contribution in [-0.2, 0) is 38.1 Å². The van der Waals surface area contributed by atoms with Crippen molar-refractivity contribution in [2.75, 3.05) is 40.3 Å². The Hall–Kier alpha value is -2.20. The molecule has 1 fully saturated rings. The van der Waals surface area contributed by atoms with E-state index in [1.807, 2.05) is 46.7 Å². The standard InChI is InChI=1S/C62H118N2O8/c1-11-15-19-23-26-34-42-53(41-33-22-18-14-4)71-59(67)61(5,6)46-37-29-31-39-48-64-52-55(70-57(65)45-49-63(9)10)51-56(64)58(66)69-50-40-32-30-38-47-62(7,8)60(68)72-54(43-35-27-24-20-16-12-2)44-36-28-25-21-17-13-3/h53-56H,11-52H2,1-10H3/t53?,55-,56-/m0/s1. The third kappa shape index (κ3) is 34.4. The molecule has 0 bridgehead atoms. The maximum absolute atomic E-state index is 13.6. The van der Waals surface area contributed by atoms with Gasteiger partial charge in [-0.2, -0.15) is 0 Å². The molecule has 1 unspecified atom stereocenters. The SMILES string of the molecule is CCCCCCCCC(CCCCCC)OC(=O)C(C)(C)CCCCCCN1C[C@@H](OC(=O)CCN(C)C)C[C@H]1C(=O)OCCCCCCC(C)(C)C(=O)OC(CCCCCCCC)CCCCCCCC. The number of ether oxygens (including phenoxy) is 4. The van der Waals surface area contributed by atoms with Crippen LogP contribution in [0.5, 0.6) is 0 Å². The summed E-state index contributed by atoms with van der Waals surface area (Å²) >= 11 is 0. The van der Waals surface area contributed by atoms with Crippen molar-refractivity contribution in [2.24, 2.45) is 10.8 Å². The monoisotopic (exact) mass is 1020 g/mol. The number of hydrogen-bond acceptors (Lipinski definition) is 10. The molecule has 424 valence electrons. The van der Waals surface area contributed by atoms with Crippen molar-refractivity contribution in [2.45, 2.75) is 324 Å². The Morgan fingerprint density at radius 1 is 0.514 bits per heavy atom. The van der Waals surface area contributed by atoms with E-state index >= 15 is 0 Å². The molecule has 10 nitrogen and oxygen atoms in total. The van der Waals surface area contributed by atoms with Gasteiger partial charge in [0, 0.05) is 19.5 Å². The Morgan fingerprint density at radius 2 is 0.889 bits per heavy atom. The van der Waals surface area contributed by atoms with Gasteiger partial charge in [0.2, 0.25) is 0 Å². The Kier molecular flexibility index (Phi) is 40.5. The summed E-state index contributed by atoms with van der Waals surface area (Å²) in [5.41, 5.74) is -1.05. The van der Waals surface area contributed by atoms with E-state index in [0.29, 0.717) is 32.5 Å². The van der Waals surface area contributed by atoms with Crippen LogP contribution in [0.4, 0.5) is 0 Å². The Morgan fingerprint density at radius 3 is 1.32 bits per heavy atom. The number of carbonyl (C=O) groups excluding carboxylic acids is 4. The fraction of sp³-hybridized carbons (Fsp3) is 0.935. The van der Waals surface area contributed by atoms with E-state index in [1.54, 1.807) is 0 Å². The van der Waals surface area contributed by atoms with Crippen LogP contribution in [0, 0.1) is 10.8 Å².